The van der Waals surface area contributed by atoms with E-state index < -0.39 is 5.82 Å². The quantitative estimate of drug-likeness (QED) is 0.871. The highest BCUT2D eigenvalue weighted by Crippen LogP contribution is 2.22. The average Bonchev–Trinajstić information content (AvgIpc) is 3.02. The van der Waals surface area contributed by atoms with Crippen LogP contribution in [0.15, 0.2) is 30.6 Å². The number of hydrogen-bond donors (Lipinski definition) is 0. The third-order valence-electron chi connectivity index (χ3n) is 4.51. The van der Waals surface area contributed by atoms with Gasteiger partial charge in [0.15, 0.2) is 0 Å². The van der Waals surface area contributed by atoms with Gasteiger partial charge in [0.2, 0.25) is 0 Å². The zero-order valence-electron chi connectivity index (χ0n) is 13.3. The second kappa shape index (κ2) is 6.89. The van der Waals surface area contributed by atoms with E-state index >= 15 is 0 Å². The Hall–Kier alpha value is -2.24. The number of amides is 1. The molecule has 0 saturated carbocycles. The maximum atomic E-state index is 13.7. The van der Waals surface area contributed by atoms with E-state index in [4.69, 9.17) is 0 Å². The van der Waals surface area contributed by atoms with Crippen LogP contribution in [0.2, 0.25) is 0 Å². The molecule has 23 heavy (non-hydrogen) atoms. The van der Waals surface area contributed by atoms with Gasteiger partial charge in [-0.15, -0.1) is 10.2 Å². The van der Waals surface area contributed by atoms with Crippen molar-refractivity contribution in [2.45, 2.75) is 32.7 Å². The second-order valence-corrected chi connectivity index (χ2v) is 5.95. The van der Waals surface area contributed by atoms with Gasteiger partial charge >= 0.3 is 0 Å². The molecule has 0 radical (unpaired) electrons. The average molecular weight is 316 g/mol. The van der Waals surface area contributed by atoms with Crippen molar-refractivity contribution in [2.75, 3.05) is 13.1 Å². The lowest BCUT2D eigenvalue weighted by molar-refractivity contribution is 0.0685. The lowest BCUT2D eigenvalue weighted by Gasteiger charge is -2.32. The van der Waals surface area contributed by atoms with Gasteiger partial charge in [-0.1, -0.05) is 12.1 Å². The van der Waals surface area contributed by atoms with Crippen LogP contribution in [-0.2, 0) is 13.0 Å². The number of aromatic nitrogens is 3. The molecule has 3 rings (SSSR count). The molecule has 0 atom stereocenters. The first-order chi connectivity index (χ1) is 11.2. The molecule has 1 aliphatic rings. The van der Waals surface area contributed by atoms with E-state index in [1.54, 1.807) is 29.4 Å². The first-order valence-electron chi connectivity index (χ1n) is 8.09. The Morgan fingerprint density at radius 1 is 1.30 bits per heavy atom. The van der Waals surface area contributed by atoms with Crippen LogP contribution in [-0.4, -0.2) is 38.7 Å². The zero-order chi connectivity index (χ0) is 16.2. The van der Waals surface area contributed by atoms with E-state index in [1.165, 1.54) is 6.07 Å². The predicted octanol–water partition coefficient (Wildman–Crippen LogP) is 2.53. The maximum absolute atomic E-state index is 13.7. The molecule has 5 nitrogen and oxygen atoms in total. The van der Waals surface area contributed by atoms with Gasteiger partial charge < -0.3 is 9.47 Å². The van der Waals surface area contributed by atoms with Crippen molar-refractivity contribution in [2.24, 2.45) is 5.92 Å². The molecule has 1 aromatic heterocycles. The highest BCUT2D eigenvalue weighted by molar-refractivity contribution is 5.94. The number of rotatable bonds is 4. The van der Waals surface area contributed by atoms with E-state index in [2.05, 4.69) is 21.7 Å². The Morgan fingerprint density at radius 3 is 2.74 bits per heavy atom. The van der Waals surface area contributed by atoms with E-state index in [0.29, 0.717) is 19.0 Å². The number of carbonyl (C=O) groups excluding carboxylic acids is 1. The predicted molar refractivity (Wildman–Crippen MR) is 84.4 cm³/mol. The Balaban J connectivity index is 1.58. The molecule has 0 N–H and O–H groups in total. The van der Waals surface area contributed by atoms with Crippen molar-refractivity contribution in [3.8, 4) is 0 Å². The van der Waals surface area contributed by atoms with Gasteiger partial charge in [0.25, 0.3) is 5.91 Å². The van der Waals surface area contributed by atoms with Crippen LogP contribution in [0.5, 0.6) is 0 Å². The number of hydrogen-bond acceptors (Lipinski definition) is 3. The van der Waals surface area contributed by atoms with Gasteiger partial charge in [-0.05, 0) is 37.8 Å². The summed E-state index contributed by atoms with van der Waals surface area (Å²) in [5.41, 5.74) is 0.164. The summed E-state index contributed by atoms with van der Waals surface area (Å²) in [5.74, 6) is 0.842. The minimum absolute atomic E-state index is 0.164. The number of likely N-dealkylation sites (tertiary alicyclic amines) is 1. The molecule has 1 aliphatic heterocycles. The molecule has 0 aliphatic carbocycles. The smallest absolute Gasteiger partial charge is 0.256 e. The Labute approximate surface area is 135 Å². The Kier molecular flexibility index (Phi) is 4.69. The number of carbonyl (C=O) groups is 1. The first kappa shape index (κ1) is 15.6. The molecule has 2 heterocycles. The molecule has 1 aromatic carbocycles. The SMILES string of the molecule is CCn1cnnc1CC1CCN(C(=O)c2ccccc2F)CC1. The van der Waals surface area contributed by atoms with E-state index in [9.17, 15) is 9.18 Å². The summed E-state index contributed by atoms with van der Waals surface area (Å²) in [5, 5.41) is 8.14. The molecule has 2 aromatic rings. The number of halogens is 1. The van der Waals surface area contributed by atoms with Crippen LogP contribution in [0, 0.1) is 11.7 Å². The number of nitrogens with zero attached hydrogens (tertiary/aromatic N) is 4. The standard InChI is InChI=1S/C17H21FN4O/c1-2-21-12-19-20-16(21)11-13-7-9-22(10-8-13)17(23)14-5-3-4-6-15(14)18/h3-6,12-13H,2,7-11H2,1H3. The summed E-state index contributed by atoms with van der Waals surface area (Å²) in [7, 11) is 0. The fourth-order valence-electron chi connectivity index (χ4n) is 3.10. The van der Waals surface area contributed by atoms with Gasteiger partial charge in [0.05, 0.1) is 5.56 Å². The third-order valence-corrected chi connectivity index (χ3v) is 4.51. The van der Waals surface area contributed by atoms with Gasteiger partial charge in [-0.3, -0.25) is 4.79 Å². The minimum Gasteiger partial charge on any atom is -0.339 e. The van der Waals surface area contributed by atoms with Crippen molar-refractivity contribution in [1.82, 2.24) is 19.7 Å². The van der Waals surface area contributed by atoms with Gasteiger partial charge in [0, 0.05) is 26.1 Å². The van der Waals surface area contributed by atoms with Gasteiger partial charge in [0.1, 0.15) is 18.0 Å². The third kappa shape index (κ3) is 3.41. The molecule has 6 heteroatoms. The number of piperidine rings is 1. The lowest BCUT2D eigenvalue weighted by atomic mass is 9.93. The van der Waals surface area contributed by atoms with Crippen LogP contribution in [0.3, 0.4) is 0 Å². The highest BCUT2D eigenvalue weighted by atomic mass is 19.1. The Morgan fingerprint density at radius 2 is 2.04 bits per heavy atom. The topological polar surface area (TPSA) is 51.0 Å². The molecule has 0 spiro atoms. The van der Waals surface area contributed by atoms with Gasteiger partial charge in [-0.2, -0.15) is 0 Å². The van der Waals surface area contributed by atoms with Crippen molar-refractivity contribution < 1.29 is 9.18 Å². The largest absolute Gasteiger partial charge is 0.339 e. The van der Waals surface area contributed by atoms with Crippen LogP contribution < -0.4 is 0 Å². The Bertz CT molecular complexity index is 677. The monoisotopic (exact) mass is 316 g/mol. The normalized spacial score (nSPS) is 15.8. The summed E-state index contributed by atoms with van der Waals surface area (Å²) in [6.07, 6.45) is 4.47. The van der Waals surface area contributed by atoms with Crippen molar-refractivity contribution in [1.29, 1.82) is 0 Å². The molecular weight excluding hydrogens is 295 g/mol. The van der Waals surface area contributed by atoms with Crippen LogP contribution in [0.4, 0.5) is 4.39 Å². The van der Waals surface area contributed by atoms with Crippen molar-refractivity contribution in [3.05, 3.63) is 47.8 Å². The number of aryl methyl sites for hydroxylation is 1. The summed E-state index contributed by atoms with van der Waals surface area (Å²) >= 11 is 0. The summed E-state index contributed by atoms with van der Waals surface area (Å²) < 4.78 is 15.8. The second-order valence-electron chi connectivity index (χ2n) is 5.95. The minimum atomic E-state index is -0.448. The fourth-order valence-corrected chi connectivity index (χ4v) is 3.10. The van der Waals surface area contributed by atoms with Crippen molar-refractivity contribution >= 4 is 5.91 Å². The molecule has 0 unspecified atom stereocenters. The number of benzene rings is 1. The lowest BCUT2D eigenvalue weighted by Crippen LogP contribution is -2.39. The zero-order valence-corrected chi connectivity index (χ0v) is 13.3. The molecule has 1 saturated heterocycles. The van der Waals surface area contributed by atoms with Crippen LogP contribution >= 0.6 is 0 Å². The van der Waals surface area contributed by atoms with E-state index in [0.717, 1.165) is 31.6 Å². The van der Waals surface area contributed by atoms with E-state index in [-0.39, 0.29) is 11.5 Å². The van der Waals surface area contributed by atoms with Gasteiger partial charge in [-0.25, -0.2) is 4.39 Å². The van der Waals surface area contributed by atoms with Crippen LogP contribution in [0.25, 0.3) is 0 Å². The van der Waals surface area contributed by atoms with E-state index in [1.807, 2.05) is 0 Å². The molecule has 122 valence electrons. The van der Waals surface area contributed by atoms with Crippen LogP contribution in [0.1, 0.15) is 35.9 Å². The highest BCUT2D eigenvalue weighted by Gasteiger charge is 2.26. The maximum Gasteiger partial charge on any atom is 0.256 e. The molecule has 0 bridgehead atoms. The fraction of sp³-hybridized carbons (Fsp3) is 0.471. The molecule has 1 amide bonds. The summed E-state index contributed by atoms with van der Waals surface area (Å²) in [4.78, 5) is 14.2. The summed E-state index contributed by atoms with van der Waals surface area (Å²) in [6.45, 7) is 4.27. The molecular formula is C17H21FN4O. The molecule has 1 fully saturated rings. The first-order valence-corrected chi connectivity index (χ1v) is 8.09. The van der Waals surface area contributed by atoms with Crippen molar-refractivity contribution in [3.63, 3.8) is 0 Å². The summed E-state index contributed by atoms with van der Waals surface area (Å²) in [6, 6.07) is 6.17.